The van der Waals surface area contributed by atoms with Crippen molar-refractivity contribution in [1.82, 2.24) is 29.7 Å². The number of nitrogens with zero attached hydrogens (tertiary/aromatic N) is 6. The van der Waals surface area contributed by atoms with E-state index in [1.165, 1.54) is 17.0 Å². The lowest BCUT2D eigenvalue weighted by atomic mass is 9.81. The fourth-order valence-electron chi connectivity index (χ4n) is 9.80. The highest BCUT2D eigenvalue weighted by Gasteiger charge is 2.46. The largest absolute Gasteiger partial charge is 0.484 e. The van der Waals surface area contributed by atoms with E-state index >= 15 is 8.78 Å². The Kier molecular flexibility index (Phi) is 12.1. The average Bonchev–Trinajstić information content (AvgIpc) is 3.58. The van der Waals surface area contributed by atoms with Crippen LogP contribution in [0.1, 0.15) is 92.7 Å². The standard InChI is InChI=1S/C45H52ClF2N9O7/c1-24(2)57-34-6-3-26(17-25(34)18-36(43(57)62)63-23-37(49)58)51-40-33(46)21-50-44(53-40)55-13-9-28(10-14-55)64-29-19-27(20-29)54-15-11-45(48,12-16-54)32-5-4-30-31(39(32)47)22-56(42(30)61)35-7-8-38(59)52-41(35)60/h3-6,17-18,21,24,27-29,35,37,58H,7-16,19-20,22-23,49H2,1-2H3,(H,50,51,53)(H,52,59,60)/t27-,29-,35?,37?. The van der Waals surface area contributed by atoms with Crippen LogP contribution in [0, 0.1) is 5.82 Å². The van der Waals surface area contributed by atoms with Crippen molar-refractivity contribution >= 4 is 57.7 Å². The number of imide groups is 1. The van der Waals surface area contributed by atoms with E-state index in [2.05, 4.69) is 25.4 Å². The smallest absolute Gasteiger partial charge is 0.293 e. The van der Waals surface area contributed by atoms with Crippen molar-refractivity contribution in [2.75, 3.05) is 43.0 Å². The maximum Gasteiger partial charge on any atom is 0.293 e. The molecule has 2 aromatic heterocycles. The number of rotatable bonds is 12. The zero-order valence-electron chi connectivity index (χ0n) is 35.7. The summed E-state index contributed by atoms with van der Waals surface area (Å²) < 4.78 is 46.2. The van der Waals surface area contributed by atoms with Gasteiger partial charge in [-0.2, -0.15) is 4.98 Å². The van der Waals surface area contributed by atoms with Gasteiger partial charge in [0, 0.05) is 72.4 Å². The van der Waals surface area contributed by atoms with Gasteiger partial charge >= 0.3 is 0 Å². The number of carbonyl (C=O) groups is 3. The van der Waals surface area contributed by atoms with Gasteiger partial charge in [0.15, 0.2) is 11.6 Å². The summed E-state index contributed by atoms with van der Waals surface area (Å²) in [6.07, 6.45) is 4.31. The predicted octanol–water partition coefficient (Wildman–Crippen LogP) is 4.80. The van der Waals surface area contributed by atoms with Crippen LogP contribution in [-0.2, 0) is 26.5 Å². The molecule has 6 heterocycles. The molecule has 3 saturated heterocycles. The summed E-state index contributed by atoms with van der Waals surface area (Å²) in [6.45, 7) is 5.78. The lowest BCUT2D eigenvalue weighted by Gasteiger charge is -2.48. The van der Waals surface area contributed by atoms with E-state index in [0.717, 1.165) is 31.1 Å². The molecule has 2 atom stereocenters. The van der Waals surface area contributed by atoms with Crippen LogP contribution >= 0.6 is 11.6 Å². The summed E-state index contributed by atoms with van der Waals surface area (Å²) in [7, 11) is 0. The molecule has 340 valence electrons. The molecule has 0 bridgehead atoms. The minimum absolute atomic E-state index is 0.0428. The lowest BCUT2D eigenvalue weighted by molar-refractivity contribution is -0.136. The highest BCUT2D eigenvalue weighted by atomic mass is 35.5. The number of alkyl halides is 1. The van der Waals surface area contributed by atoms with Crippen molar-refractivity contribution in [3.63, 3.8) is 0 Å². The Morgan fingerprint density at radius 3 is 2.48 bits per heavy atom. The number of hydrogen-bond acceptors (Lipinski definition) is 13. The van der Waals surface area contributed by atoms with Crippen LogP contribution in [0.25, 0.3) is 10.9 Å². The number of fused-ring (bicyclic) bond motifs is 2. The van der Waals surface area contributed by atoms with Gasteiger partial charge in [-0.1, -0.05) is 17.7 Å². The molecule has 5 N–H and O–H groups in total. The van der Waals surface area contributed by atoms with E-state index in [9.17, 15) is 24.3 Å². The summed E-state index contributed by atoms with van der Waals surface area (Å²) >= 11 is 6.57. The second-order valence-corrected chi connectivity index (χ2v) is 18.3. The number of piperidine rings is 3. The highest BCUT2D eigenvalue weighted by Crippen LogP contribution is 2.44. The molecule has 0 radical (unpaired) electrons. The number of aliphatic hydroxyl groups excluding tert-OH is 1. The second-order valence-electron chi connectivity index (χ2n) is 17.8. The molecule has 1 saturated carbocycles. The average molecular weight is 904 g/mol. The van der Waals surface area contributed by atoms with Crippen molar-refractivity contribution in [2.45, 2.75) is 114 Å². The second kappa shape index (κ2) is 17.6. The summed E-state index contributed by atoms with van der Waals surface area (Å²) in [5, 5.41) is 16.1. The molecule has 0 spiro atoms. The molecule has 9 rings (SSSR count). The molecule has 4 aromatic rings. The van der Waals surface area contributed by atoms with Gasteiger partial charge in [-0.3, -0.25) is 29.4 Å². The third kappa shape index (κ3) is 8.53. The van der Waals surface area contributed by atoms with Crippen LogP contribution in [0.3, 0.4) is 0 Å². The summed E-state index contributed by atoms with van der Waals surface area (Å²) in [6, 6.07) is 9.28. The maximum atomic E-state index is 16.5. The molecule has 16 nitrogen and oxygen atoms in total. The third-order valence-corrected chi connectivity index (χ3v) is 13.6. The molecule has 2 unspecified atom stereocenters. The van der Waals surface area contributed by atoms with Gasteiger partial charge in [0.1, 0.15) is 35.4 Å². The van der Waals surface area contributed by atoms with E-state index in [0.29, 0.717) is 54.2 Å². The Hall–Kier alpha value is -5.27. The number of anilines is 3. The number of nitrogens with one attached hydrogen (secondary N) is 2. The van der Waals surface area contributed by atoms with Gasteiger partial charge in [-0.15, -0.1) is 0 Å². The van der Waals surface area contributed by atoms with Crippen molar-refractivity contribution in [2.24, 2.45) is 5.73 Å². The van der Waals surface area contributed by atoms with Crippen molar-refractivity contribution < 1.29 is 37.7 Å². The minimum atomic E-state index is -1.88. The number of nitrogens with two attached hydrogens (primary N) is 1. The molecular weight excluding hydrogens is 852 g/mol. The van der Waals surface area contributed by atoms with E-state index < -0.39 is 41.5 Å². The number of amides is 3. The van der Waals surface area contributed by atoms with Gasteiger partial charge in [0.2, 0.25) is 17.8 Å². The van der Waals surface area contributed by atoms with Gasteiger partial charge in [-0.25, -0.2) is 13.8 Å². The van der Waals surface area contributed by atoms with Crippen LogP contribution in [0.2, 0.25) is 5.02 Å². The van der Waals surface area contributed by atoms with Crippen LogP contribution in [0.4, 0.5) is 26.2 Å². The zero-order valence-corrected chi connectivity index (χ0v) is 36.5. The van der Waals surface area contributed by atoms with E-state index in [-0.39, 0.29) is 91.1 Å². The molecule has 4 aliphatic heterocycles. The SMILES string of the molecule is CC(C)n1c(=O)c(OCC(N)O)cc2cc(Nc3nc(N4CCC(O[C@H]5C[C@H](N6CCC(F)(c7ccc8c(c7F)CN(C7CCC(=O)NC7=O)C8=O)CC6)C5)CC4)ncc3Cl)ccc21. The first-order valence-corrected chi connectivity index (χ1v) is 22.4. The number of aliphatic hydroxyl groups is 1. The Labute approximate surface area is 373 Å². The molecule has 64 heavy (non-hydrogen) atoms. The monoisotopic (exact) mass is 903 g/mol. The molecule has 4 fully saturated rings. The van der Waals surface area contributed by atoms with E-state index in [1.54, 1.807) is 16.8 Å². The number of ether oxygens (including phenoxy) is 2. The van der Waals surface area contributed by atoms with E-state index in [1.807, 2.05) is 32.0 Å². The molecule has 5 aliphatic rings. The normalized spacial score (nSPS) is 23.3. The fraction of sp³-hybridized carbons (Fsp3) is 0.511. The number of halogens is 3. The van der Waals surface area contributed by atoms with Gasteiger partial charge < -0.3 is 40.0 Å². The van der Waals surface area contributed by atoms with Crippen LogP contribution in [-0.4, -0.2) is 110 Å². The third-order valence-electron chi connectivity index (χ3n) is 13.3. The first-order chi connectivity index (χ1) is 30.6. The Balaban J connectivity index is 0.755. The molecule has 2 aromatic carbocycles. The van der Waals surface area contributed by atoms with Gasteiger partial charge in [-0.05, 0) is 89.1 Å². The topological polar surface area (TPSA) is 197 Å². The summed E-state index contributed by atoms with van der Waals surface area (Å²) in [5.74, 6) is -1.14. The number of pyridine rings is 1. The fourth-order valence-corrected chi connectivity index (χ4v) is 9.94. The van der Waals surface area contributed by atoms with Crippen molar-refractivity contribution in [3.05, 3.63) is 80.5 Å². The zero-order chi connectivity index (χ0) is 45.0. The number of aromatic nitrogens is 3. The van der Waals surface area contributed by atoms with Crippen LogP contribution < -0.4 is 31.6 Å². The van der Waals surface area contributed by atoms with Gasteiger partial charge in [0.05, 0.1) is 30.5 Å². The Morgan fingerprint density at radius 1 is 1.03 bits per heavy atom. The number of carbonyl (C=O) groups excluding carboxylic acids is 3. The number of likely N-dealkylation sites (tertiary alicyclic amines) is 1. The van der Waals surface area contributed by atoms with Crippen LogP contribution in [0.15, 0.2) is 47.4 Å². The lowest BCUT2D eigenvalue weighted by Crippen LogP contribution is -2.53. The maximum absolute atomic E-state index is 16.5. The first-order valence-electron chi connectivity index (χ1n) is 22.0. The van der Waals surface area contributed by atoms with Crippen molar-refractivity contribution in [3.8, 4) is 5.75 Å². The Morgan fingerprint density at radius 2 is 1.78 bits per heavy atom. The summed E-state index contributed by atoms with van der Waals surface area (Å²) in [5.41, 5.74) is 4.84. The van der Waals surface area contributed by atoms with Crippen molar-refractivity contribution in [1.29, 1.82) is 0 Å². The Bertz CT molecular complexity index is 2540. The predicted molar refractivity (Wildman–Crippen MR) is 234 cm³/mol. The first kappa shape index (κ1) is 44.0. The summed E-state index contributed by atoms with van der Waals surface area (Å²) in [4.78, 5) is 65.3. The quantitative estimate of drug-likeness (QED) is 0.112. The molecular formula is C45H52ClF2N9O7. The molecule has 1 aliphatic carbocycles. The molecule has 3 amide bonds. The minimum Gasteiger partial charge on any atom is -0.484 e. The number of hydrogen-bond donors (Lipinski definition) is 4. The van der Waals surface area contributed by atoms with Gasteiger partial charge in [0.25, 0.3) is 11.5 Å². The van der Waals surface area contributed by atoms with E-state index in [4.69, 9.17) is 31.8 Å². The highest BCUT2D eigenvalue weighted by molar-refractivity contribution is 6.33. The number of benzene rings is 2. The molecule has 19 heteroatoms. The van der Waals surface area contributed by atoms with Crippen LogP contribution in [0.5, 0.6) is 5.75 Å².